The first kappa shape index (κ1) is 18.1. The van der Waals surface area contributed by atoms with Gasteiger partial charge in [-0.1, -0.05) is 4.40 Å². The highest BCUT2D eigenvalue weighted by molar-refractivity contribution is 7.91. The van der Waals surface area contributed by atoms with Crippen LogP contribution in [-0.2, 0) is 11.4 Å². The molecule has 0 N–H and O–H groups in total. The smallest absolute Gasteiger partial charge is 0.248 e. The minimum Gasteiger partial charge on any atom is -0.591 e. The van der Waals surface area contributed by atoms with Crippen LogP contribution in [0.2, 0.25) is 0 Å². The Morgan fingerprint density at radius 2 is 2.09 bits per heavy atom. The minimum absolute atomic E-state index is 0.107. The number of hydrogen-bond donors (Lipinski definition) is 0. The molecule has 0 aliphatic heterocycles. The summed E-state index contributed by atoms with van der Waals surface area (Å²) >= 11 is -1.33. The largest absolute Gasteiger partial charge is 0.591 e. The molecule has 0 radical (unpaired) electrons. The molecule has 23 heavy (non-hydrogen) atoms. The molecule has 2 rings (SSSR count). The summed E-state index contributed by atoms with van der Waals surface area (Å²) in [6.07, 6.45) is 1.36. The number of aromatic nitrogens is 1. The van der Waals surface area contributed by atoms with Crippen LogP contribution in [0.5, 0.6) is 5.88 Å². The van der Waals surface area contributed by atoms with E-state index in [1.54, 1.807) is 25.3 Å². The van der Waals surface area contributed by atoms with Crippen molar-refractivity contribution in [1.29, 1.82) is 0 Å². The SMILES string of the molecule is C/C(=N\[S+]([O-])C(C)(C)C)c1ccc(OCC2CC(F)(F)C2)nc1. The van der Waals surface area contributed by atoms with E-state index in [1.807, 2.05) is 20.8 Å². The number of nitrogens with zero attached hydrogens (tertiary/aromatic N) is 2. The van der Waals surface area contributed by atoms with Crippen LogP contribution < -0.4 is 4.74 Å². The summed E-state index contributed by atoms with van der Waals surface area (Å²) in [5.41, 5.74) is 1.39. The van der Waals surface area contributed by atoms with Gasteiger partial charge in [0.05, 0.1) is 12.3 Å². The molecule has 1 atom stereocenters. The Hall–Kier alpha value is -1.21. The van der Waals surface area contributed by atoms with Crippen LogP contribution in [0.3, 0.4) is 0 Å². The van der Waals surface area contributed by atoms with E-state index in [4.69, 9.17) is 4.74 Å². The van der Waals surface area contributed by atoms with Gasteiger partial charge in [-0.25, -0.2) is 13.8 Å². The quantitative estimate of drug-likeness (QED) is 0.603. The molecule has 128 valence electrons. The predicted molar refractivity (Wildman–Crippen MR) is 87.5 cm³/mol. The summed E-state index contributed by atoms with van der Waals surface area (Å²) in [4.78, 5) is 4.15. The molecule has 4 nitrogen and oxygen atoms in total. The van der Waals surface area contributed by atoms with Crippen molar-refractivity contribution < 1.29 is 18.1 Å². The van der Waals surface area contributed by atoms with Gasteiger partial charge in [0.15, 0.2) is 0 Å². The van der Waals surface area contributed by atoms with Crippen LogP contribution >= 0.6 is 0 Å². The number of rotatable bonds is 5. The molecule has 1 aromatic rings. The van der Waals surface area contributed by atoms with Crippen LogP contribution in [0.25, 0.3) is 0 Å². The van der Waals surface area contributed by atoms with Crippen molar-refractivity contribution in [3.63, 3.8) is 0 Å². The Balaban J connectivity index is 1.90. The Bertz CT molecular complexity index is 562. The number of halogens is 2. The lowest BCUT2D eigenvalue weighted by molar-refractivity contribution is -0.119. The minimum atomic E-state index is -2.53. The van der Waals surface area contributed by atoms with Gasteiger partial charge in [-0.3, -0.25) is 0 Å². The molecular formula is C16H22F2N2O2S. The summed E-state index contributed by atoms with van der Waals surface area (Å²) in [7, 11) is 0. The zero-order chi connectivity index (χ0) is 17.3. The molecule has 0 spiro atoms. The van der Waals surface area contributed by atoms with E-state index in [1.165, 1.54) is 0 Å². The molecule has 1 fully saturated rings. The molecule has 1 aliphatic carbocycles. The van der Waals surface area contributed by atoms with E-state index < -0.39 is 22.0 Å². The lowest BCUT2D eigenvalue weighted by atomic mass is 9.82. The lowest BCUT2D eigenvalue weighted by Crippen LogP contribution is -2.38. The third-order valence-electron chi connectivity index (χ3n) is 3.54. The second kappa shape index (κ2) is 6.73. The summed E-state index contributed by atoms with van der Waals surface area (Å²) in [6, 6.07) is 3.45. The Morgan fingerprint density at radius 1 is 1.43 bits per heavy atom. The standard InChI is InChI=1S/C16H22F2N2O2S/c1-11(20-23(21)15(2,3)4)13-5-6-14(19-9-13)22-10-12-7-16(17,18)8-12/h5-6,9,12H,7-8,10H2,1-4H3/b20-11+. The Morgan fingerprint density at radius 3 is 2.57 bits per heavy atom. The molecule has 0 amide bonds. The number of hydrogen-bond acceptors (Lipinski definition) is 4. The van der Waals surface area contributed by atoms with Gasteiger partial charge in [0.25, 0.3) is 0 Å². The zero-order valence-corrected chi connectivity index (χ0v) is 14.6. The van der Waals surface area contributed by atoms with Gasteiger partial charge in [-0.2, -0.15) is 0 Å². The normalized spacial score (nSPS) is 20.0. The van der Waals surface area contributed by atoms with E-state index >= 15 is 0 Å². The van der Waals surface area contributed by atoms with Gasteiger partial charge < -0.3 is 9.29 Å². The Kier molecular flexibility index (Phi) is 5.30. The van der Waals surface area contributed by atoms with Crippen molar-refractivity contribution in [2.75, 3.05) is 6.61 Å². The molecular weight excluding hydrogens is 322 g/mol. The summed E-state index contributed by atoms with van der Waals surface area (Å²) in [5, 5.41) is 0. The van der Waals surface area contributed by atoms with Gasteiger partial charge in [0.2, 0.25) is 11.8 Å². The number of pyridine rings is 1. The fourth-order valence-electron chi connectivity index (χ4n) is 2.10. The summed E-state index contributed by atoms with van der Waals surface area (Å²) < 4.78 is 46.7. The van der Waals surface area contributed by atoms with Gasteiger partial charge in [-0.05, 0) is 33.8 Å². The fourth-order valence-corrected chi connectivity index (χ4v) is 2.73. The average molecular weight is 344 g/mol. The van der Waals surface area contributed by atoms with Crippen LogP contribution in [0.15, 0.2) is 22.7 Å². The van der Waals surface area contributed by atoms with Gasteiger partial charge in [-0.15, -0.1) is 0 Å². The first-order valence-electron chi connectivity index (χ1n) is 7.51. The van der Waals surface area contributed by atoms with Gasteiger partial charge in [0, 0.05) is 36.6 Å². The summed E-state index contributed by atoms with van der Waals surface area (Å²) in [5.74, 6) is -2.24. The second-order valence-corrected chi connectivity index (χ2v) is 8.77. The molecule has 1 unspecified atom stereocenters. The topological polar surface area (TPSA) is 57.5 Å². The average Bonchev–Trinajstić information content (AvgIpc) is 2.42. The van der Waals surface area contributed by atoms with Crippen molar-refractivity contribution in [3.8, 4) is 5.88 Å². The maximum absolute atomic E-state index is 12.7. The molecule has 7 heteroatoms. The third-order valence-corrected chi connectivity index (χ3v) is 5.03. The lowest BCUT2D eigenvalue weighted by Gasteiger charge is -2.34. The first-order chi connectivity index (χ1) is 10.6. The molecule has 1 aliphatic rings. The maximum Gasteiger partial charge on any atom is 0.248 e. The molecule has 1 heterocycles. The molecule has 1 aromatic heterocycles. The van der Waals surface area contributed by atoms with Crippen LogP contribution in [-0.4, -0.2) is 32.5 Å². The molecule has 1 saturated carbocycles. The first-order valence-corrected chi connectivity index (χ1v) is 8.62. The van der Waals surface area contributed by atoms with Crippen molar-refractivity contribution >= 4 is 17.1 Å². The predicted octanol–water partition coefficient (Wildman–Crippen LogP) is 3.78. The number of ether oxygens (including phenoxy) is 1. The maximum atomic E-state index is 12.7. The van der Waals surface area contributed by atoms with E-state index in [0.29, 0.717) is 11.6 Å². The van der Waals surface area contributed by atoms with E-state index in [-0.39, 0.29) is 25.4 Å². The van der Waals surface area contributed by atoms with Crippen molar-refractivity contribution in [2.45, 2.75) is 51.2 Å². The van der Waals surface area contributed by atoms with E-state index in [9.17, 15) is 13.3 Å². The Labute approximate surface area is 138 Å². The van der Waals surface area contributed by atoms with Crippen LogP contribution in [0.1, 0.15) is 46.1 Å². The van der Waals surface area contributed by atoms with Crippen molar-refractivity contribution in [3.05, 3.63) is 23.9 Å². The number of alkyl halides is 2. The fraction of sp³-hybridized carbons (Fsp3) is 0.625. The molecule has 0 bridgehead atoms. The van der Waals surface area contributed by atoms with Crippen molar-refractivity contribution in [2.24, 2.45) is 10.3 Å². The van der Waals surface area contributed by atoms with E-state index in [0.717, 1.165) is 5.56 Å². The highest BCUT2D eigenvalue weighted by Crippen LogP contribution is 2.42. The molecule has 0 saturated heterocycles. The van der Waals surface area contributed by atoms with Crippen LogP contribution in [0.4, 0.5) is 8.78 Å². The highest BCUT2D eigenvalue weighted by Gasteiger charge is 2.45. The van der Waals surface area contributed by atoms with Gasteiger partial charge in [0.1, 0.15) is 16.1 Å². The monoisotopic (exact) mass is 344 g/mol. The second-order valence-electron chi connectivity index (χ2n) is 6.86. The highest BCUT2D eigenvalue weighted by atomic mass is 32.2. The van der Waals surface area contributed by atoms with Crippen molar-refractivity contribution in [1.82, 2.24) is 4.98 Å². The third kappa shape index (κ3) is 5.14. The summed E-state index contributed by atoms with van der Waals surface area (Å²) in [6.45, 7) is 7.61. The zero-order valence-electron chi connectivity index (χ0n) is 13.8. The van der Waals surface area contributed by atoms with Gasteiger partial charge >= 0.3 is 0 Å². The molecule has 0 aromatic carbocycles. The van der Waals surface area contributed by atoms with Crippen LogP contribution in [0, 0.1) is 5.92 Å². The van der Waals surface area contributed by atoms with E-state index in [2.05, 4.69) is 9.38 Å².